The molecule has 0 aliphatic rings. The van der Waals surface area contributed by atoms with Gasteiger partial charge in [-0.2, -0.15) is 17.6 Å². The van der Waals surface area contributed by atoms with E-state index in [9.17, 15) is 22.4 Å². The minimum atomic E-state index is -4.57. The van der Waals surface area contributed by atoms with Gasteiger partial charge in [-0.1, -0.05) is 0 Å². The van der Waals surface area contributed by atoms with E-state index in [-0.39, 0.29) is 11.3 Å². The summed E-state index contributed by atoms with van der Waals surface area (Å²) in [5.74, 6) is -0.821. The number of carbonyl (C=O) groups is 1. The largest absolute Gasteiger partial charge is 0.461 e. The Morgan fingerprint density at radius 3 is 2.29 bits per heavy atom. The van der Waals surface area contributed by atoms with Crippen molar-refractivity contribution in [2.45, 2.75) is 12.5 Å². The average molecular weight is 299 g/mol. The first kappa shape index (κ1) is 15.0. The van der Waals surface area contributed by atoms with Crippen LogP contribution in [-0.2, 0) is 0 Å². The van der Waals surface area contributed by atoms with Crippen LogP contribution in [0.25, 0.3) is 0 Å². The Kier molecular flexibility index (Phi) is 4.21. The molecule has 0 saturated carbocycles. The van der Waals surface area contributed by atoms with Gasteiger partial charge < -0.3 is 4.74 Å². The Balaban J connectivity index is 2.14. The van der Waals surface area contributed by atoms with Crippen molar-refractivity contribution >= 4 is 5.78 Å². The maximum Gasteiger partial charge on any atom is 0.461 e. The molecule has 3 nitrogen and oxygen atoms in total. The topological polar surface area (TPSA) is 39.2 Å². The smallest absolute Gasteiger partial charge is 0.428 e. The van der Waals surface area contributed by atoms with Gasteiger partial charge in [-0.05, 0) is 36.4 Å². The van der Waals surface area contributed by atoms with Crippen molar-refractivity contribution in [1.82, 2.24) is 4.98 Å². The third kappa shape index (κ3) is 3.56. The van der Waals surface area contributed by atoms with Gasteiger partial charge in [0, 0.05) is 23.5 Å². The molecule has 0 saturated heterocycles. The zero-order chi connectivity index (χ0) is 15.5. The van der Waals surface area contributed by atoms with E-state index in [4.69, 9.17) is 0 Å². The van der Waals surface area contributed by atoms with E-state index >= 15 is 0 Å². The zero-order valence-electron chi connectivity index (χ0n) is 10.5. The van der Waals surface area contributed by atoms with Crippen LogP contribution in [-0.4, -0.2) is 23.3 Å². The van der Waals surface area contributed by atoms with E-state index in [1.54, 1.807) is 12.1 Å². The second-order valence-corrected chi connectivity index (χ2v) is 4.06. The van der Waals surface area contributed by atoms with E-state index in [1.807, 2.05) is 0 Å². The molecular weight excluding hydrogens is 290 g/mol. The summed E-state index contributed by atoms with van der Waals surface area (Å²) in [6.45, 7) is 0. The van der Waals surface area contributed by atoms with E-state index < -0.39 is 18.3 Å². The lowest BCUT2D eigenvalue weighted by atomic mass is 10.1. The fourth-order valence-electron chi connectivity index (χ4n) is 1.54. The first-order valence-electron chi connectivity index (χ1n) is 5.80. The third-order valence-electron chi connectivity index (χ3n) is 2.55. The highest BCUT2D eigenvalue weighted by atomic mass is 19.3. The Labute approximate surface area is 117 Å². The summed E-state index contributed by atoms with van der Waals surface area (Å²) in [5.41, 5.74) is 0.528. The number of pyridine rings is 1. The Hall–Kier alpha value is -2.44. The molecule has 0 unspecified atom stereocenters. The van der Waals surface area contributed by atoms with E-state index in [2.05, 4.69) is 9.72 Å². The van der Waals surface area contributed by atoms with Crippen LogP contribution >= 0.6 is 0 Å². The fourth-order valence-corrected chi connectivity index (χ4v) is 1.54. The molecule has 110 valence electrons. The number of aromatic nitrogens is 1. The molecule has 0 aliphatic heterocycles. The van der Waals surface area contributed by atoms with Gasteiger partial charge in [-0.25, -0.2) is 0 Å². The lowest BCUT2D eigenvalue weighted by Gasteiger charge is -2.16. The van der Waals surface area contributed by atoms with Gasteiger partial charge in [0.1, 0.15) is 5.75 Å². The van der Waals surface area contributed by atoms with Crippen molar-refractivity contribution in [3.8, 4) is 5.75 Å². The number of benzene rings is 1. The molecule has 0 fully saturated rings. The standard InChI is InChI=1S/C14H9F4NO2/c15-13(16)14(17,18)21-11-5-3-9(4-6-11)12(20)10-2-1-7-19-8-10/h1-8,13H. The number of rotatable bonds is 5. The van der Waals surface area contributed by atoms with Crippen LogP contribution in [0.4, 0.5) is 17.6 Å². The number of ketones is 1. The van der Waals surface area contributed by atoms with E-state index in [0.29, 0.717) is 5.56 Å². The van der Waals surface area contributed by atoms with Gasteiger partial charge in [0.05, 0.1) is 0 Å². The normalized spacial score (nSPS) is 11.5. The quantitative estimate of drug-likeness (QED) is 0.626. The van der Waals surface area contributed by atoms with Gasteiger partial charge in [-0.15, -0.1) is 0 Å². The van der Waals surface area contributed by atoms with Crippen molar-refractivity contribution in [3.05, 3.63) is 59.9 Å². The monoisotopic (exact) mass is 299 g/mol. The SMILES string of the molecule is O=C(c1ccc(OC(F)(F)C(F)F)cc1)c1cccnc1. The molecule has 0 aliphatic carbocycles. The molecular formula is C14H9F4NO2. The lowest BCUT2D eigenvalue weighted by Crippen LogP contribution is -2.33. The molecule has 1 aromatic carbocycles. The minimum absolute atomic E-state index is 0.204. The summed E-state index contributed by atoms with van der Waals surface area (Å²) in [6, 6.07) is 7.61. The Bertz CT molecular complexity index is 615. The molecule has 21 heavy (non-hydrogen) atoms. The molecule has 0 bridgehead atoms. The molecule has 0 amide bonds. The molecule has 2 aromatic rings. The van der Waals surface area contributed by atoms with Gasteiger partial charge in [-0.3, -0.25) is 9.78 Å². The molecule has 1 aromatic heterocycles. The third-order valence-corrected chi connectivity index (χ3v) is 2.55. The first-order valence-corrected chi connectivity index (χ1v) is 5.80. The van der Waals surface area contributed by atoms with Gasteiger partial charge in [0.25, 0.3) is 0 Å². The number of nitrogens with zero attached hydrogens (tertiary/aromatic N) is 1. The summed E-state index contributed by atoms with van der Waals surface area (Å²) >= 11 is 0. The van der Waals surface area contributed by atoms with Crippen LogP contribution in [0.2, 0.25) is 0 Å². The molecule has 0 N–H and O–H groups in total. The number of carbonyl (C=O) groups excluding carboxylic acids is 1. The second-order valence-electron chi connectivity index (χ2n) is 4.06. The van der Waals surface area contributed by atoms with Crippen molar-refractivity contribution in [2.75, 3.05) is 0 Å². The highest BCUT2D eigenvalue weighted by Crippen LogP contribution is 2.27. The zero-order valence-corrected chi connectivity index (χ0v) is 10.5. The Morgan fingerprint density at radius 1 is 1.10 bits per heavy atom. The molecule has 2 rings (SSSR count). The van der Waals surface area contributed by atoms with Gasteiger partial charge in [0.2, 0.25) is 0 Å². The first-order chi connectivity index (χ1) is 9.90. The molecule has 7 heteroatoms. The highest BCUT2D eigenvalue weighted by molar-refractivity contribution is 6.08. The number of hydrogen-bond donors (Lipinski definition) is 0. The molecule has 0 atom stereocenters. The van der Waals surface area contributed by atoms with Gasteiger partial charge in [0.15, 0.2) is 5.78 Å². The number of ether oxygens (including phenoxy) is 1. The van der Waals surface area contributed by atoms with Crippen LogP contribution in [0.5, 0.6) is 5.75 Å². The summed E-state index contributed by atoms with van der Waals surface area (Å²) in [6.07, 6.45) is -5.65. The summed E-state index contributed by atoms with van der Waals surface area (Å²) in [7, 11) is 0. The van der Waals surface area contributed by atoms with Crippen LogP contribution in [0, 0.1) is 0 Å². The predicted molar refractivity (Wildman–Crippen MR) is 65.7 cm³/mol. The fraction of sp³-hybridized carbons (Fsp3) is 0.143. The van der Waals surface area contributed by atoms with Crippen LogP contribution in [0.15, 0.2) is 48.8 Å². The predicted octanol–water partition coefficient (Wildman–Crippen LogP) is 3.55. The van der Waals surface area contributed by atoms with Crippen molar-refractivity contribution in [1.29, 1.82) is 0 Å². The maximum atomic E-state index is 12.7. The van der Waals surface area contributed by atoms with E-state index in [0.717, 1.165) is 12.1 Å². The van der Waals surface area contributed by atoms with Crippen molar-refractivity contribution in [3.63, 3.8) is 0 Å². The summed E-state index contributed by atoms with van der Waals surface area (Å²) < 4.78 is 53.3. The lowest BCUT2D eigenvalue weighted by molar-refractivity contribution is -0.253. The summed E-state index contributed by atoms with van der Waals surface area (Å²) in [5, 5.41) is 0. The highest BCUT2D eigenvalue weighted by Gasteiger charge is 2.43. The summed E-state index contributed by atoms with van der Waals surface area (Å²) in [4.78, 5) is 15.8. The minimum Gasteiger partial charge on any atom is -0.428 e. The number of alkyl halides is 4. The number of halogens is 4. The van der Waals surface area contributed by atoms with E-state index in [1.165, 1.54) is 24.5 Å². The Morgan fingerprint density at radius 2 is 1.76 bits per heavy atom. The van der Waals surface area contributed by atoms with Crippen molar-refractivity contribution < 1.29 is 27.1 Å². The van der Waals surface area contributed by atoms with Crippen molar-refractivity contribution in [2.24, 2.45) is 0 Å². The average Bonchev–Trinajstić information content (AvgIpc) is 2.48. The molecule has 1 heterocycles. The van der Waals surface area contributed by atoms with Gasteiger partial charge >= 0.3 is 12.5 Å². The second kappa shape index (κ2) is 5.90. The van der Waals surface area contributed by atoms with Crippen LogP contribution < -0.4 is 4.74 Å². The van der Waals surface area contributed by atoms with Crippen LogP contribution in [0.1, 0.15) is 15.9 Å². The number of hydrogen-bond acceptors (Lipinski definition) is 3. The molecule has 0 radical (unpaired) electrons. The maximum absolute atomic E-state index is 12.7. The van der Waals surface area contributed by atoms with Crippen LogP contribution in [0.3, 0.4) is 0 Å². The molecule has 0 spiro atoms.